The normalized spacial score (nSPS) is 11.9. The summed E-state index contributed by atoms with van der Waals surface area (Å²) < 4.78 is 0. The molecular formula is C24H16ClNO2. The van der Waals surface area contributed by atoms with Crippen molar-refractivity contribution in [2.45, 2.75) is 6.42 Å². The summed E-state index contributed by atoms with van der Waals surface area (Å²) in [4.78, 5) is 4.84. The second-order valence-electron chi connectivity index (χ2n) is 6.89. The van der Waals surface area contributed by atoms with Gasteiger partial charge in [0.25, 0.3) is 0 Å². The molecule has 1 heterocycles. The standard InChI is InChI=1S/C24H16ClNO2/c25-16-10-8-14(9-11-16)18-13-20(17-5-1-2-6-21(17)27)26-24-19(18)12-15-4-3-7-22(28)23(15)24/h1-11,13,27-28H,12H2. The zero-order valence-corrected chi connectivity index (χ0v) is 15.6. The molecule has 5 rings (SSSR count). The number of fused-ring (bicyclic) bond motifs is 3. The smallest absolute Gasteiger partial charge is 0.125 e. The van der Waals surface area contributed by atoms with Crippen molar-refractivity contribution in [2.75, 3.05) is 0 Å². The van der Waals surface area contributed by atoms with Gasteiger partial charge in [-0.1, -0.05) is 48.0 Å². The van der Waals surface area contributed by atoms with Crippen molar-refractivity contribution in [1.29, 1.82) is 0 Å². The van der Waals surface area contributed by atoms with Gasteiger partial charge in [0.1, 0.15) is 11.5 Å². The van der Waals surface area contributed by atoms with Gasteiger partial charge in [0.15, 0.2) is 0 Å². The first-order chi connectivity index (χ1) is 13.6. The number of phenols is 2. The van der Waals surface area contributed by atoms with Crippen LogP contribution in [0.5, 0.6) is 11.5 Å². The van der Waals surface area contributed by atoms with E-state index < -0.39 is 0 Å². The van der Waals surface area contributed by atoms with Gasteiger partial charge >= 0.3 is 0 Å². The minimum atomic E-state index is 0.174. The first-order valence-electron chi connectivity index (χ1n) is 9.01. The molecule has 2 N–H and O–H groups in total. The van der Waals surface area contributed by atoms with Gasteiger partial charge < -0.3 is 10.2 Å². The highest BCUT2D eigenvalue weighted by molar-refractivity contribution is 6.30. The highest BCUT2D eigenvalue weighted by Gasteiger charge is 2.27. The van der Waals surface area contributed by atoms with E-state index in [2.05, 4.69) is 0 Å². The number of nitrogens with zero attached hydrogens (tertiary/aromatic N) is 1. The number of aromatic nitrogens is 1. The molecule has 0 saturated heterocycles. The third kappa shape index (κ3) is 2.63. The molecule has 1 aliphatic rings. The summed E-state index contributed by atoms with van der Waals surface area (Å²) in [5.41, 5.74) is 7.01. The molecule has 1 aliphatic carbocycles. The Balaban J connectivity index is 1.82. The molecular weight excluding hydrogens is 370 g/mol. The lowest BCUT2D eigenvalue weighted by molar-refractivity contribution is 0.477. The topological polar surface area (TPSA) is 53.4 Å². The number of hydrogen-bond acceptors (Lipinski definition) is 3. The van der Waals surface area contributed by atoms with E-state index in [1.165, 1.54) is 0 Å². The molecule has 3 aromatic carbocycles. The van der Waals surface area contributed by atoms with Gasteiger partial charge in [-0.25, -0.2) is 4.98 Å². The summed E-state index contributed by atoms with van der Waals surface area (Å²) in [6.45, 7) is 0. The van der Waals surface area contributed by atoms with Crippen LogP contribution in [0.25, 0.3) is 33.6 Å². The number of phenolic OH excluding ortho intramolecular Hbond substituents is 2. The van der Waals surface area contributed by atoms with Crippen LogP contribution in [0.4, 0.5) is 0 Å². The molecule has 0 saturated carbocycles. The molecule has 0 fully saturated rings. The van der Waals surface area contributed by atoms with E-state index in [1.807, 2.05) is 54.6 Å². The Bertz CT molecular complexity index is 1220. The van der Waals surface area contributed by atoms with Gasteiger partial charge in [0.2, 0.25) is 0 Å². The summed E-state index contributed by atoms with van der Waals surface area (Å²) in [6, 6.07) is 22.4. The molecule has 4 aromatic rings. The molecule has 0 aliphatic heterocycles. The maximum atomic E-state index is 10.5. The number of halogens is 1. The van der Waals surface area contributed by atoms with Crippen LogP contribution in [0.1, 0.15) is 11.1 Å². The first kappa shape index (κ1) is 16.8. The van der Waals surface area contributed by atoms with Crippen molar-refractivity contribution < 1.29 is 10.2 Å². The Morgan fingerprint density at radius 1 is 0.786 bits per heavy atom. The molecule has 0 unspecified atom stereocenters. The maximum Gasteiger partial charge on any atom is 0.125 e. The van der Waals surface area contributed by atoms with E-state index in [-0.39, 0.29) is 11.5 Å². The average Bonchev–Trinajstić information content (AvgIpc) is 3.08. The fraction of sp³-hybridized carbons (Fsp3) is 0.0417. The van der Waals surface area contributed by atoms with Gasteiger partial charge in [-0.3, -0.25) is 0 Å². The van der Waals surface area contributed by atoms with Crippen LogP contribution in [0, 0.1) is 0 Å². The molecule has 0 atom stereocenters. The molecule has 0 bridgehead atoms. The van der Waals surface area contributed by atoms with Gasteiger partial charge in [0.05, 0.1) is 11.4 Å². The first-order valence-corrected chi connectivity index (χ1v) is 9.39. The van der Waals surface area contributed by atoms with E-state index in [1.54, 1.807) is 18.2 Å². The van der Waals surface area contributed by atoms with Crippen molar-refractivity contribution >= 4 is 11.6 Å². The predicted molar refractivity (Wildman–Crippen MR) is 112 cm³/mol. The lowest BCUT2D eigenvalue weighted by Crippen LogP contribution is -1.95. The van der Waals surface area contributed by atoms with E-state index in [4.69, 9.17) is 16.6 Å². The van der Waals surface area contributed by atoms with Crippen LogP contribution in [-0.2, 0) is 6.42 Å². The van der Waals surface area contributed by atoms with Gasteiger partial charge in [-0.2, -0.15) is 0 Å². The quantitative estimate of drug-likeness (QED) is 0.389. The molecule has 3 nitrogen and oxygen atoms in total. The van der Waals surface area contributed by atoms with Gasteiger partial charge in [-0.15, -0.1) is 0 Å². The third-order valence-electron chi connectivity index (χ3n) is 5.19. The third-order valence-corrected chi connectivity index (χ3v) is 5.44. The van der Waals surface area contributed by atoms with Crippen molar-refractivity contribution in [1.82, 2.24) is 4.98 Å². The summed E-state index contributed by atoms with van der Waals surface area (Å²) in [5.74, 6) is 0.396. The highest BCUT2D eigenvalue weighted by Crippen LogP contribution is 2.46. The SMILES string of the molecule is Oc1ccccc1-c1cc(-c2ccc(Cl)cc2)c2c(n1)-c1c(O)cccc1C2. The molecule has 0 amide bonds. The van der Waals surface area contributed by atoms with E-state index in [0.29, 0.717) is 22.7 Å². The number of para-hydroxylation sites is 1. The number of benzene rings is 3. The van der Waals surface area contributed by atoms with Gasteiger partial charge in [0, 0.05) is 22.6 Å². The Morgan fingerprint density at radius 3 is 2.32 bits per heavy atom. The molecule has 4 heteroatoms. The molecule has 0 spiro atoms. The fourth-order valence-electron chi connectivity index (χ4n) is 3.87. The second kappa shape index (κ2) is 6.39. The number of hydrogen-bond donors (Lipinski definition) is 2. The summed E-state index contributed by atoms with van der Waals surface area (Å²) in [5, 5.41) is 21.5. The molecule has 28 heavy (non-hydrogen) atoms. The van der Waals surface area contributed by atoms with Crippen molar-refractivity contribution in [3.63, 3.8) is 0 Å². The van der Waals surface area contributed by atoms with E-state index in [9.17, 15) is 10.2 Å². The minimum Gasteiger partial charge on any atom is -0.507 e. The molecule has 1 aromatic heterocycles. The summed E-state index contributed by atoms with van der Waals surface area (Å²) in [7, 11) is 0. The zero-order chi connectivity index (χ0) is 19.3. The van der Waals surface area contributed by atoms with Crippen LogP contribution >= 0.6 is 11.6 Å². The van der Waals surface area contributed by atoms with E-state index in [0.717, 1.165) is 33.5 Å². The Morgan fingerprint density at radius 2 is 1.54 bits per heavy atom. The monoisotopic (exact) mass is 385 g/mol. The van der Waals surface area contributed by atoms with Crippen LogP contribution in [0.15, 0.2) is 72.8 Å². The van der Waals surface area contributed by atoms with Crippen LogP contribution in [0.2, 0.25) is 5.02 Å². The van der Waals surface area contributed by atoms with Crippen LogP contribution < -0.4 is 0 Å². The van der Waals surface area contributed by atoms with Crippen LogP contribution in [0.3, 0.4) is 0 Å². The maximum absolute atomic E-state index is 10.5. The lowest BCUT2D eigenvalue weighted by Gasteiger charge is -2.13. The zero-order valence-electron chi connectivity index (χ0n) is 14.9. The fourth-order valence-corrected chi connectivity index (χ4v) is 4.00. The van der Waals surface area contributed by atoms with Crippen molar-refractivity contribution in [3.05, 3.63) is 88.9 Å². The summed E-state index contributed by atoms with van der Waals surface area (Å²) >= 11 is 6.08. The largest absolute Gasteiger partial charge is 0.507 e. The average molecular weight is 386 g/mol. The van der Waals surface area contributed by atoms with Crippen molar-refractivity contribution in [3.8, 4) is 45.1 Å². The van der Waals surface area contributed by atoms with Crippen LogP contribution in [-0.4, -0.2) is 15.2 Å². The number of rotatable bonds is 2. The van der Waals surface area contributed by atoms with E-state index >= 15 is 0 Å². The Labute approximate surface area is 167 Å². The minimum absolute atomic E-state index is 0.174. The Kier molecular flexibility index (Phi) is 3.85. The molecule has 0 radical (unpaired) electrons. The van der Waals surface area contributed by atoms with Crippen molar-refractivity contribution in [2.24, 2.45) is 0 Å². The summed E-state index contributed by atoms with van der Waals surface area (Å²) in [6.07, 6.45) is 0.699. The second-order valence-corrected chi connectivity index (χ2v) is 7.33. The molecule has 136 valence electrons. The highest BCUT2D eigenvalue weighted by atomic mass is 35.5. The number of pyridine rings is 1. The predicted octanol–water partition coefficient (Wildman–Crippen LogP) is 6.05. The number of aromatic hydroxyl groups is 2. The van der Waals surface area contributed by atoms with Gasteiger partial charge in [-0.05, 0) is 58.7 Å². The lowest BCUT2D eigenvalue weighted by atomic mass is 9.96. The Hall–Kier alpha value is -3.30.